The number of rotatable bonds is 15. The Hall–Kier alpha value is -5.17. The van der Waals surface area contributed by atoms with Crippen molar-refractivity contribution in [1.82, 2.24) is 36.8 Å². The summed E-state index contributed by atoms with van der Waals surface area (Å²) in [5.74, 6) is -6.77. The summed E-state index contributed by atoms with van der Waals surface area (Å²) in [7, 11) is 0. The number of nitrogens with one attached hydrogen (secondary N) is 6. The maximum atomic E-state index is 14.2. The van der Waals surface area contributed by atoms with Crippen LogP contribution < -0.4 is 43.4 Å². The lowest BCUT2D eigenvalue weighted by atomic mass is 9.85. The molecule has 1 aromatic heterocycles. The number of carbonyl (C=O) groups excluding carboxylic acids is 8. The molecule has 0 aliphatic carbocycles. The minimum atomic E-state index is -1.51. The quantitative estimate of drug-likeness (QED) is 0.0858. The third-order valence-electron chi connectivity index (χ3n) is 10.2. The Labute approximate surface area is 385 Å². The van der Waals surface area contributed by atoms with Crippen LogP contribution in [0.4, 0.5) is 0 Å². The van der Waals surface area contributed by atoms with Gasteiger partial charge in [-0.1, -0.05) is 45.0 Å². The molecule has 11 N–H and O–H groups in total. The molecule has 0 bridgehead atoms. The molecule has 8 amide bonds. The summed E-state index contributed by atoms with van der Waals surface area (Å²) in [6.45, 7) is 6.92. The van der Waals surface area contributed by atoms with E-state index in [0.717, 1.165) is 27.8 Å². The van der Waals surface area contributed by atoms with Gasteiger partial charge in [0.15, 0.2) is 0 Å². The number of amides is 8. The van der Waals surface area contributed by atoms with E-state index in [-0.39, 0.29) is 37.7 Å². The fraction of sp³-hybridized carbons (Fsp3) is 0.571. The van der Waals surface area contributed by atoms with Gasteiger partial charge in [0.1, 0.15) is 36.8 Å². The van der Waals surface area contributed by atoms with Crippen LogP contribution >= 0.6 is 23.1 Å². The monoisotopic (exact) mass is 947 g/mol. The van der Waals surface area contributed by atoms with Gasteiger partial charge in [-0.05, 0) is 40.5 Å². The Balaban J connectivity index is 1.59. The number of nitrogens with two attached hydrogens (primary N) is 2. The first-order chi connectivity index (χ1) is 30.9. The molecule has 1 aromatic carbocycles. The average Bonchev–Trinajstić information content (AvgIpc) is 3.88. The number of primary amides is 1. The average molecular weight is 948 g/mol. The second-order valence-electron chi connectivity index (χ2n) is 16.4. The Bertz CT molecular complexity index is 1980. The first kappa shape index (κ1) is 52.5. The molecule has 4 rings (SSSR count). The van der Waals surface area contributed by atoms with Crippen molar-refractivity contribution in [1.29, 1.82) is 0 Å². The van der Waals surface area contributed by atoms with Crippen LogP contribution in [0.25, 0.3) is 10.4 Å². The number of hydrogen-bond acceptors (Lipinski definition) is 15. The standard InChI is InChI=1S/C42H61N9O12S2/c1-24-9-16-65-35(24)26-7-5-25(6-8-26)34-40(59)46-19-31(53)47-28(18-45-32(54)21-63-15-14-62-13-12-61-11-10-43)38(57)48-29(37(44)56)22-64-23-33(55)49-36(42(2,3)4)41(60)51-20-27(52)17-30(51)39(58)50-34/h5-9,16,27-30,34,36,52H,10-15,17-23,43H2,1-4H3,(H2,44,56)(H,45,54)(H,46,59)(H,47,53)(H,48,57)(H,49,55)(H,50,58)/t27-,28-,29?,30+,34-,36-/m1/s1. The summed E-state index contributed by atoms with van der Waals surface area (Å²) in [5, 5.41) is 28.0. The molecule has 2 saturated heterocycles. The predicted molar refractivity (Wildman–Crippen MR) is 241 cm³/mol. The maximum absolute atomic E-state index is 14.2. The van der Waals surface area contributed by atoms with Gasteiger partial charge >= 0.3 is 0 Å². The van der Waals surface area contributed by atoms with Crippen molar-refractivity contribution in [2.24, 2.45) is 16.9 Å². The SMILES string of the molecule is Cc1ccsc1-c1ccc([C@H]2NC(=O)[C@@H]3C[C@@H](O)CN3C(=O)[C@H](C(C)(C)C)NC(=O)CSCC(C(N)=O)NC(=O)[C@@H](CNC(=O)COCCOCCOCCN)NC(=O)CNC2=O)cc1. The molecule has 2 fully saturated rings. The summed E-state index contributed by atoms with van der Waals surface area (Å²) in [5.41, 5.74) is 12.3. The van der Waals surface area contributed by atoms with Gasteiger partial charge in [0, 0.05) is 36.7 Å². The lowest BCUT2D eigenvalue weighted by molar-refractivity contribution is -0.144. The highest BCUT2D eigenvalue weighted by molar-refractivity contribution is 8.00. The largest absolute Gasteiger partial charge is 0.391 e. The van der Waals surface area contributed by atoms with Crippen molar-refractivity contribution in [3.63, 3.8) is 0 Å². The molecule has 23 heteroatoms. The van der Waals surface area contributed by atoms with E-state index in [2.05, 4.69) is 31.9 Å². The summed E-state index contributed by atoms with van der Waals surface area (Å²) >= 11 is 2.45. The number of aliphatic hydroxyl groups is 1. The number of carbonyl (C=O) groups is 8. The summed E-state index contributed by atoms with van der Waals surface area (Å²) in [6.07, 6.45) is -1.26. The van der Waals surface area contributed by atoms with Gasteiger partial charge in [0.2, 0.25) is 47.3 Å². The van der Waals surface area contributed by atoms with Crippen molar-refractivity contribution in [2.45, 2.75) is 70.4 Å². The number of nitrogens with zero attached hydrogens (tertiary/aromatic N) is 1. The molecule has 1 unspecified atom stereocenters. The molecule has 65 heavy (non-hydrogen) atoms. The fourth-order valence-corrected chi connectivity index (χ4v) is 8.58. The number of fused-ring (bicyclic) bond motifs is 1. The molecule has 358 valence electrons. The van der Waals surface area contributed by atoms with Gasteiger partial charge < -0.3 is 67.6 Å². The lowest BCUT2D eigenvalue weighted by Gasteiger charge is -2.35. The van der Waals surface area contributed by atoms with E-state index in [0.29, 0.717) is 31.9 Å². The molecule has 0 spiro atoms. The van der Waals surface area contributed by atoms with E-state index in [4.69, 9.17) is 25.7 Å². The smallest absolute Gasteiger partial charge is 0.247 e. The van der Waals surface area contributed by atoms with E-state index in [1.165, 1.54) is 16.2 Å². The highest BCUT2D eigenvalue weighted by atomic mass is 32.2. The second kappa shape index (κ2) is 25.5. The molecular weight excluding hydrogens is 887 g/mol. The molecule has 2 aromatic rings. The third kappa shape index (κ3) is 16.3. The van der Waals surface area contributed by atoms with Crippen LogP contribution in [0.1, 0.15) is 44.4 Å². The van der Waals surface area contributed by atoms with Crippen molar-refractivity contribution in [3.8, 4) is 10.4 Å². The Morgan fingerprint density at radius 2 is 1.55 bits per heavy atom. The van der Waals surface area contributed by atoms with Gasteiger partial charge in [-0.2, -0.15) is 0 Å². The predicted octanol–water partition coefficient (Wildman–Crippen LogP) is -2.18. The zero-order valence-corrected chi connectivity index (χ0v) is 38.6. The van der Waals surface area contributed by atoms with Crippen molar-refractivity contribution < 1.29 is 57.7 Å². The first-order valence-corrected chi connectivity index (χ1v) is 23.1. The second-order valence-corrected chi connectivity index (χ2v) is 18.4. The number of thiophene rings is 1. The number of aliphatic hydroxyl groups excluding tert-OH is 1. The van der Waals surface area contributed by atoms with Crippen LogP contribution in [0.3, 0.4) is 0 Å². The maximum Gasteiger partial charge on any atom is 0.247 e. The number of hydrogen-bond donors (Lipinski definition) is 9. The van der Waals surface area contributed by atoms with Gasteiger partial charge in [0.25, 0.3) is 0 Å². The zero-order chi connectivity index (χ0) is 47.7. The van der Waals surface area contributed by atoms with Crippen molar-refractivity contribution >= 4 is 70.4 Å². The molecular formula is C42H61N9O12S2. The molecule has 0 radical (unpaired) electrons. The van der Waals surface area contributed by atoms with Crippen LogP contribution in [-0.2, 0) is 52.6 Å². The zero-order valence-electron chi connectivity index (χ0n) is 37.0. The number of benzene rings is 1. The van der Waals surface area contributed by atoms with Gasteiger partial charge in [-0.3, -0.25) is 38.4 Å². The van der Waals surface area contributed by atoms with Crippen LogP contribution in [0, 0.1) is 12.3 Å². The lowest BCUT2D eigenvalue weighted by Crippen LogP contribution is -2.58. The van der Waals surface area contributed by atoms with E-state index in [1.54, 1.807) is 45.0 Å². The topological polar surface area (TPSA) is 312 Å². The molecule has 0 saturated carbocycles. The Morgan fingerprint density at radius 3 is 2.18 bits per heavy atom. The minimum absolute atomic E-state index is 0.0641. The number of thioether (sulfide) groups is 1. The van der Waals surface area contributed by atoms with Crippen molar-refractivity contribution in [3.05, 3.63) is 46.8 Å². The number of aryl methyl sites for hydroxylation is 1. The molecule has 21 nitrogen and oxygen atoms in total. The molecule has 3 heterocycles. The molecule has 6 atom stereocenters. The van der Waals surface area contributed by atoms with Gasteiger partial charge in [-0.15, -0.1) is 23.1 Å². The van der Waals surface area contributed by atoms with Crippen LogP contribution in [0.5, 0.6) is 0 Å². The minimum Gasteiger partial charge on any atom is -0.391 e. The van der Waals surface area contributed by atoms with Crippen LogP contribution in [0.2, 0.25) is 0 Å². The highest BCUT2D eigenvalue weighted by Gasteiger charge is 2.45. The van der Waals surface area contributed by atoms with E-state index in [9.17, 15) is 43.5 Å². The Kier molecular flexibility index (Phi) is 20.6. The fourth-order valence-electron chi connectivity index (χ4n) is 6.77. The normalized spacial score (nSPS) is 23.3. The summed E-state index contributed by atoms with van der Waals surface area (Å²) < 4.78 is 15.9. The molecule has 2 aliphatic rings. The Morgan fingerprint density at radius 1 is 0.877 bits per heavy atom. The van der Waals surface area contributed by atoms with Crippen LogP contribution in [-0.4, -0.2) is 165 Å². The van der Waals surface area contributed by atoms with Crippen molar-refractivity contribution in [2.75, 3.05) is 77.3 Å². The summed E-state index contributed by atoms with van der Waals surface area (Å²) in [6, 6.07) is 2.11. The number of ether oxygens (including phenoxy) is 3. The third-order valence-corrected chi connectivity index (χ3v) is 12.3. The van der Waals surface area contributed by atoms with E-state index >= 15 is 0 Å². The van der Waals surface area contributed by atoms with Crippen LogP contribution in [0.15, 0.2) is 35.7 Å². The van der Waals surface area contributed by atoms with Gasteiger partial charge in [-0.25, -0.2) is 0 Å². The van der Waals surface area contributed by atoms with Gasteiger partial charge in [0.05, 0.1) is 51.4 Å². The highest BCUT2D eigenvalue weighted by Crippen LogP contribution is 2.31. The first-order valence-electron chi connectivity index (χ1n) is 21.1. The molecule has 2 aliphatic heterocycles. The summed E-state index contributed by atoms with van der Waals surface area (Å²) in [4.78, 5) is 110. The van der Waals surface area contributed by atoms with E-state index in [1.807, 2.05) is 18.4 Å². The van der Waals surface area contributed by atoms with E-state index < -0.39 is 109 Å².